The van der Waals surface area contributed by atoms with Gasteiger partial charge < -0.3 is 47.6 Å². The highest BCUT2D eigenvalue weighted by Gasteiger charge is 2.38. The Labute approximate surface area is 562 Å². The van der Waals surface area contributed by atoms with Gasteiger partial charge in [0.2, 0.25) is 41.4 Å². The van der Waals surface area contributed by atoms with Gasteiger partial charge in [-0.05, 0) is 66.7 Å². The summed E-state index contributed by atoms with van der Waals surface area (Å²) in [5.41, 5.74) is 14.5. The zero-order valence-electron chi connectivity index (χ0n) is 56.1. The molecule has 23 heteroatoms. The minimum atomic E-state index is -1.58. The number of carbonyl (C=O) groups excluding carboxylic acids is 13. The topological polar surface area (TPSA) is 349 Å². The van der Waals surface area contributed by atoms with Crippen molar-refractivity contribution in [2.24, 2.45) is 41.1 Å². The molecular weight excluding hydrogens is 1230 g/mol. The van der Waals surface area contributed by atoms with Crippen LogP contribution < -0.4 is 32.7 Å². The molecule has 0 bridgehead atoms. The van der Waals surface area contributed by atoms with Gasteiger partial charge in [-0.2, -0.15) is 0 Å². The lowest BCUT2D eigenvalue weighted by Crippen LogP contribution is -2.56. The van der Waals surface area contributed by atoms with Gasteiger partial charge >= 0.3 is 0 Å². The van der Waals surface area contributed by atoms with E-state index < -0.39 is 155 Å². The second-order valence-electron chi connectivity index (χ2n) is 25.3. The van der Waals surface area contributed by atoms with Crippen molar-refractivity contribution in [3.8, 4) is 0 Å². The molecule has 0 heterocycles. The lowest BCUT2D eigenvalue weighted by molar-refractivity contribution is -0.143. The number of thioether (sulfide) groups is 1. The van der Waals surface area contributed by atoms with Crippen LogP contribution in [-0.2, 0) is 87.3 Å². The van der Waals surface area contributed by atoms with Crippen molar-refractivity contribution in [2.75, 3.05) is 20.7 Å². The molecule has 9 N–H and O–H groups in total. The van der Waals surface area contributed by atoms with Crippen LogP contribution >= 0.6 is 11.8 Å². The van der Waals surface area contributed by atoms with E-state index in [1.165, 1.54) is 32.8 Å². The standard InChI is InChI=1S/C72H96N8O14S/c1-44(2)34-55(75-65(88)33-31-60(83)58(39-51-26-18-12-19-27-51)80(9)71(93)47(6)36-61(84)54(73)38-50-24-16-11-17-25-50)62(85)35-46(5)68(90)78-67(45(3)4)63(86)40-53(37-49-22-14-10-15-23-49)70(92)76-56(41-66(89)95-43-52-28-20-13-21-29-52)72(94)79(8)48(7)69(91)77-57(42-81)59(82)30-32-64(74)87/h10-29,44-48,53-58,67,81H,30-43,73H2,1-9H3,(H2,74,87)(H,75,88)(H,76,92)(H,77,91)(H,78,90)/t46-,47-,48+,53-,54?,55+,56+,57+,58+,67+/m1/s1. The molecule has 95 heavy (non-hydrogen) atoms. The normalized spacial score (nSPS) is 14.4. The zero-order valence-corrected chi connectivity index (χ0v) is 56.9. The van der Waals surface area contributed by atoms with Crippen molar-refractivity contribution in [3.05, 3.63) is 144 Å². The fraction of sp³-hybridized carbons (Fsp3) is 0.486. The molecule has 514 valence electrons. The number of aliphatic hydroxyl groups is 1. The number of nitrogens with two attached hydrogens (primary N) is 2. The maximum atomic E-state index is 14.7. The predicted octanol–water partition coefficient (Wildman–Crippen LogP) is 5.15. The lowest BCUT2D eigenvalue weighted by Gasteiger charge is -2.30. The Hall–Kier alpha value is -8.54. The number of nitrogens with zero attached hydrogens (tertiary/aromatic N) is 2. The summed E-state index contributed by atoms with van der Waals surface area (Å²) in [6.07, 6.45) is -2.22. The number of rotatable bonds is 42. The quantitative estimate of drug-likeness (QED) is 0.0302. The van der Waals surface area contributed by atoms with Gasteiger partial charge in [-0.25, -0.2) is 0 Å². The predicted molar refractivity (Wildman–Crippen MR) is 362 cm³/mol. The molecule has 4 aromatic rings. The second kappa shape index (κ2) is 40.0. The van der Waals surface area contributed by atoms with E-state index in [0.717, 1.165) is 33.4 Å². The van der Waals surface area contributed by atoms with Crippen LogP contribution in [0.15, 0.2) is 121 Å². The SMILES string of the molecule is CC(C)C[C@H](NC(=O)CCC(=O)[C@H](Cc1ccccc1)N(C)C(=O)[C@H](C)CC(=O)C(N)Cc1ccccc1)C(=O)C[C@@H](C)C(=O)N[C@H](C(=O)C[C@@H](Cc1ccccc1)C(=O)N[C@@H](CC(=O)SCc1ccccc1)C(=O)N(C)[C@@H](C)C(=O)N[C@@H](CO)C(=O)CCC(N)=O)C(C)C. The van der Waals surface area contributed by atoms with Crippen molar-refractivity contribution in [1.82, 2.24) is 31.1 Å². The number of Topliss-reactive ketones (excluding diaryl/α,β-unsaturated/α-hetero) is 5. The summed E-state index contributed by atoms with van der Waals surface area (Å²) < 4.78 is 0. The van der Waals surface area contributed by atoms with E-state index in [1.807, 2.05) is 80.6 Å². The number of aliphatic hydroxyl groups excluding tert-OH is 1. The third-order valence-electron chi connectivity index (χ3n) is 16.6. The highest BCUT2D eigenvalue weighted by Crippen LogP contribution is 2.23. The minimum Gasteiger partial charge on any atom is -0.394 e. The van der Waals surface area contributed by atoms with Gasteiger partial charge in [0.1, 0.15) is 18.1 Å². The molecule has 4 rings (SSSR count). The first kappa shape index (κ1) is 78.9. The first-order valence-electron chi connectivity index (χ1n) is 32.3. The molecule has 0 aliphatic carbocycles. The van der Waals surface area contributed by atoms with Gasteiger partial charge in [0.25, 0.3) is 0 Å². The van der Waals surface area contributed by atoms with Gasteiger partial charge in [-0.15, -0.1) is 0 Å². The number of amides is 7. The molecule has 0 aromatic heterocycles. The Bertz CT molecular complexity index is 3250. The molecule has 10 atom stereocenters. The van der Waals surface area contributed by atoms with Crippen molar-refractivity contribution >= 4 is 87.1 Å². The summed E-state index contributed by atoms with van der Waals surface area (Å²) in [4.78, 5) is 181. The van der Waals surface area contributed by atoms with Crippen LogP contribution in [0.2, 0.25) is 0 Å². The summed E-state index contributed by atoms with van der Waals surface area (Å²) in [6.45, 7) is 10.7. The molecule has 0 spiro atoms. The van der Waals surface area contributed by atoms with Crippen LogP contribution in [-0.4, -0.2) is 153 Å². The van der Waals surface area contributed by atoms with Gasteiger partial charge in [0.05, 0.1) is 30.8 Å². The molecule has 0 aliphatic heterocycles. The molecule has 7 amide bonds. The average Bonchev–Trinajstić information content (AvgIpc) is 0.873. The first-order valence-corrected chi connectivity index (χ1v) is 33.3. The average molecular weight is 1330 g/mol. The number of benzene rings is 4. The summed E-state index contributed by atoms with van der Waals surface area (Å²) in [5, 5.41) is 20.1. The van der Waals surface area contributed by atoms with Gasteiger partial charge in [0.15, 0.2) is 34.0 Å². The Morgan fingerprint density at radius 2 is 0.979 bits per heavy atom. The molecule has 22 nitrogen and oxygen atoms in total. The molecule has 4 aromatic carbocycles. The van der Waals surface area contributed by atoms with Gasteiger partial charge in [-0.3, -0.25) is 62.3 Å². The lowest BCUT2D eigenvalue weighted by atomic mass is 9.87. The third-order valence-corrected chi connectivity index (χ3v) is 17.5. The van der Waals surface area contributed by atoms with E-state index in [4.69, 9.17) is 11.5 Å². The highest BCUT2D eigenvalue weighted by atomic mass is 32.2. The molecule has 0 radical (unpaired) electrons. The van der Waals surface area contributed by atoms with Crippen LogP contribution in [0.25, 0.3) is 0 Å². The summed E-state index contributed by atoms with van der Waals surface area (Å²) in [6, 6.07) is 27.7. The van der Waals surface area contributed by atoms with Crippen molar-refractivity contribution < 1.29 is 67.4 Å². The Morgan fingerprint density at radius 1 is 0.474 bits per heavy atom. The summed E-state index contributed by atoms with van der Waals surface area (Å²) in [5.74, 6) is -10.9. The van der Waals surface area contributed by atoms with Crippen molar-refractivity contribution in [1.29, 1.82) is 0 Å². The Morgan fingerprint density at radius 3 is 1.51 bits per heavy atom. The number of carbonyl (C=O) groups is 13. The monoisotopic (exact) mass is 1330 g/mol. The summed E-state index contributed by atoms with van der Waals surface area (Å²) >= 11 is 0.901. The van der Waals surface area contributed by atoms with E-state index in [2.05, 4.69) is 21.3 Å². The largest absolute Gasteiger partial charge is 0.394 e. The van der Waals surface area contributed by atoms with Crippen LogP contribution in [0.5, 0.6) is 0 Å². The van der Waals surface area contributed by atoms with Gasteiger partial charge in [0, 0.05) is 89.0 Å². The third kappa shape index (κ3) is 27.0. The number of nitrogens with one attached hydrogen (secondary N) is 4. The maximum absolute atomic E-state index is 14.7. The van der Waals surface area contributed by atoms with Crippen LogP contribution in [0.1, 0.15) is 129 Å². The Balaban J connectivity index is 1.48. The number of likely N-dealkylation sites (N-methyl/N-ethyl adjacent to an activating group) is 2. The zero-order chi connectivity index (χ0) is 70.5. The molecule has 0 saturated carbocycles. The number of hydrogen-bond donors (Lipinski definition) is 7. The Kier molecular flexibility index (Phi) is 33.2. The van der Waals surface area contributed by atoms with Crippen LogP contribution in [0, 0.1) is 29.6 Å². The number of primary amides is 1. The molecule has 0 saturated heterocycles. The maximum Gasteiger partial charge on any atom is 0.246 e. The van der Waals surface area contributed by atoms with Crippen molar-refractivity contribution in [2.45, 2.75) is 174 Å². The van der Waals surface area contributed by atoms with Crippen molar-refractivity contribution in [3.63, 3.8) is 0 Å². The van der Waals surface area contributed by atoms with E-state index >= 15 is 0 Å². The van der Waals surface area contributed by atoms with E-state index in [0.29, 0.717) is 12.0 Å². The van der Waals surface area contributed by atoms with Crippen LogP contribution in [0.3, 0.4) is 0 Å². The first-order chi connectivity index (χ1) is 45.0. The van der Waals surface area contributed by atoms with Crippen LogP contribution in [0.4, 0.5) is 0 Å². The molecular formula is C72H96N8O14S. The fourth-order valence-corrected chi connectivity index (χ4v) is 11.5. The minimum absolute atomic E-state index is 0.0304. The van der Waals surface area contributed by atoms with E-state index in [9.17, 15) is 67.4 Å². The fourth-order valence-electron chi connectivity index (χ4n) is 10.7. The highest BCUT2D eigenvalue weighted by molar-refractivity contribution is 8.12. The van der Waals surface area contributed by atoms with E-state index in [-0.39, 0.29) is 75.2 Å². The second-order valence-corrected chi connectivity index (χ2v) is 26.3. The number of hydrogen-bond acceptors (Lipinski definition) is 16. The molecule has 0 fully saturated rings. The molecule has 0 aliphatic rings. The smallest absolute Gasteiger partial charge is 0.246 e. The van der Waals surface area contributed by atoms with E-state index in [1.54, 1.807) is 75.4 Å². The summed E-state index contributed by atoms with van der Waals surface area (Å²) in [7, 11) is 2.75. The number of ketones is 5. The van der Waals surface area contributed by atoms with Gasteiger partial charge in [-0.1, -0.05) is 175 Å². The molecule has 1 unspecified atom stereocenters.